The molecule has 0 amide bonds. The lowest BCUT2D eigenvalue weighted by atomic mass is 9.68. The standard InChI is InChI=1S/C9H14N4S/c14-9-10-11-12-13(9)8-5-6-1-3-7(8)4-2-6/h6-8H,1-5H2,(H,10,12,14). The maximum Gasteiger partial charge on any atom is 0.238 e. The number of nitrogens with one attached hydrogen (secondary N) is 1. The Labute approximate surface area is 87.7 Å². The van der Waals surface area contributed by atoms with Crippen LogP contribution in [0.3, 0.4) is 0 Å². The van der Waals surface area contributed by atoms with Gasteiger partial charge < -0.3 is 0 Å². The molecule has 4 nitrogen and oxygen atoms in total. The van der Waals surface area contributed by atoms with Crippen molar-refractivity contribution in [1.82, 2.24) is 20.2 Å². The normalized spacial score (nSPS) is 36.1. The van der Waals surface area contributed by atoms with Crippen molar-refractivity contribution in [3.63, 3.8) is 0 Å². The SMILES string of the molecule is S=c1nn[nH]n1C1CC2CCC1CC2. The van der Waals surface area contributed by atoms with Gasteiger partial charge >= 0.3 is 0 Å². The van der Waals surface area contributed by atoms with Crippen LogP contribution < -0.4 is 0 Å². The largest absolute Gasteiger partial charge is 0.239 e. The molecule has 14 heavy (non-hydrogen) atoms. The van der Waals surface area contributed by atoms with Crippen molar-refractivity contribution in [1.29, 1.82) is 0 Å². The number of H-pyrrole nitrogens is 1. The lowest BCUT2D eigenvalue weighted by Crippen LogP contribution is -2.33. The molecule has 3 aliphatic carbocycles. The van der Waals surface area contributed by atoms with E-state index in [1.807, 2.05) is 4.68 Å². The summed E-state index contributed by atoms with van der Waals surface area (Å²) in [5.74, 6) is 1.71. The third-order valence-electron chi connectivity index (χ3n) is 3.84. The van der Waals surface area contributed by atoms with Crippen molar-refractivity contribution < 1.29 is 0 Å². The van der Waals surface area contributed by atoms with Crippen LogP contribution in [0.2, 0.25) is 0 Å². The monoisotopic (exact) mass is 210 g/mol. The first-order valence-corrected chi connectivity index (χ1v) is 5.75. The molecule has 3 fully saturated rings. The predicted octanol–water partition coefficient (Wildman–Crippen LogP) is 2.09. The van der Waals surface area contributed by atoms with Gasteiger partial charge in [0.2, 0.25) is 4.77 Å². The number of fused-ring (bicyclic) bond motifs is 3. The van der Waals surface area contributed by atoms with Crippen molar-refractivity contribution >= 4 is 12.2 Å². The van der Waals surface area contributed by atoms with Crippen LogP contribution in [0.1, 0.15) is 38.1 Å². The quantitative estimate of drug-likeness (QED) is 0.722. The second-order valence-corrected chi connectivity index (χ2v) is 4.90. The third-order valence-corrected chi connectivity index (χ3v) is 4.11. The summed E-state index contributed by atoms with van der Waals surface area (Å²) in [7, 11) is 0. The minimum atomic E-state index is 0.546. The second kappa shape index (κ2) is 3.15. The molecular weight excluding hydrogens is 196 g/mol. The van der Waals surface area contributed by atoms with E-state index in [-0.39, 0.29) is 0 Å². The Morgan fingerprint density at radius 1 is 1.29 bits per heavy atom. The molecule has 0 radical (unpaired) electrons. The van der Waals surface area contributed by atoms with Crippen LogP contribution in [0.15, 0.2) is 0 Å². The van der Waals surface area contributed by atoms with E-state index in [9.17, 15) is 0 Å². The molecule has 1 unspecified atom stereocenters. The third kappa shape index (κ3) is 1.22. The first kappa shape index (κ1) is 8.59. The summed E-state index contributed by atoms with van der Waals surface area (Å²) in [4.78, 5) is 0. The number of hydrogen-bond donors (Lipinski definition) is 1. The maximum atomic E-state index is 5.14. The Balaban J connectivity index is 1.93. The Morgan fingerprint density at radius 2 is 2.07 bits per heavy atom. The average Bonchev–Trinajstić information content (AvgIpc) is 2.66. The fourth-order valence-electron chi connectivity index (χ4n) is 3.08. The van der Waals surface area contributed by atoms with Gasteiger partial charge in [0.1, 0.15) is 0 Å². The number of nitrogens with zero attached hydrogens (tertiary/aromatic N) is 3. The molecule has 1 atom stereocenters. The van der Waals surface area contributed by atoms with E-state index in [2.05, 4.69) is 15.5 Å². The minimum absolute atomic E-state index is 0.546. The van der Waals surface area contributed by atoms with E-state index in [0.717, 1.165) is 11.8 Å². The average molecular weight is 210 g/mol. The van der Waals surface area contributed by atoms with E-state index in [1.54, 1.807) is 0 Å². The van der Waals surface area contributed by atoms with Crippen LogP contribution in [0.4, 0.5) is 0 Å². The zero-order valence-electron chi connectivity index (χ0n) is 8.02. The van der Waals surface area contributed by atoms with Gasteiger partial charge in [-0.05, 0) is 43.3 Å². The molecule has 0 aliphatic heterocycles. The zero-order chi connectivity index (χ0) is 9.54. The van der Waals surface area contributed by atoms with E-state index < -0.39 is 0 Å². The van der Waals surface area contributed by atoms with Gasteiger partial charge in [0, 0.05) is 0 Å². The van der Waals surface area contributed by atoms with Crippen molar-refractivity contribution in [2.45, 2.75) is 38.1 Å². The van der Waals surface area contributed by atoms with E-state index in [1.165, 1.54) is 32.1 Å². The van der Waals surface area contributed by atoms with Crippen molar-refractivity contribution in [2.75, 3.05) is 0 Å². The maximum absolute atomic E-state index is 5.14. The molecule has 1 N–H and O–H groups in total. The molecule has 0 saturated heterocycles. The molecule has 76 valence electrons. The molecule has 0 spiro atoms. The van der Waals surface area contributed by atoms with Gasteiger partial charge in [0.15, 0.2) is 0 Å². The van der Waals surface area contributed by atoms with Crippen molar-refractivity contribution in [2.24, 2.45) is 11.8 Å². The topological polar surface area (TPSA) is 46.5 Å². The molecule has 4 rings (SSSR count). The van der Waals surface area contributed by atoms with Gasteiger partial charge in [0.25, 0.3) is 0 Å². The van der Waals surface area contributed by atoms with Gasteiger partial charge in [-0.15, -0.1) is 0 Å². The molecule has 1 aromatic heterocycles. The number of aromatic amines is 1. The minimum Gasteiger partial charge on any atom is -0.239 e. The zero-order valence-corrected chi connectivity index (χ0v) is 8.83. The molecule has 1 heterocycles. The van der Waals surface area contributed by atoms with Gasteiger partial charge in [-0.3, -0.25) is 0 Å². The first-order valence-electron chi connectivity index (χ1n) is 5.34. The van der Waals surface area contributed by atoms with Gasteiger partial charge in [0.05, 0.1) is 6.04 Å². The summed E-state index contributed by atoms with van der Waals surface area (Å²) in [6.45, 7) is 0. The van der Waals surface area contributed by atoms with E-state index in [4.69, 9.17) is 12.2 Å². The molecular formula is C9H14N4S. The fraction of sp³-hybridized carbons (Fsp3) is 0.889. The second-order valence-electron chi connectivity index (χ2n) is 4.54. The summed E-state index contributed by atoms with van der Waals surface area (Å²) in [6.07, 6.45) is 6.81. The molecule has 3 aliphatic rings. The van der Waals surface area contributed by atoms with Crippen LogP contribution in [-0.2, 0) is 0 Å². The van der Waals surface area contributed by atoms with Gasteiger partial charge in [-0.25, -0.2) is 4.68 Å². The summed E-state index contributed by atoms with van der Waals surface area (Å²) in [5, 5.41) is 10.5. The van der Waals surface area contributed by atoms with E-state index >= 15 is 0 Å². The highest BCUT2D eigenvalue weighted by molar-refractivity contribution is 7.71. The van der Waals surface area contributed by atoms with Crippen LogP contribution in [-0.4, -0.2) is 20.2 Å². The fourth-order valence-corrected chi connectivity index (χ4v) is 3.30. The van der Waals surface area contributed by atoms with Crippen LogP contribution in [0, 0.1) is 16.6 Å². The molecule has 3 saturated carbocycles. The molecule has 0 aromatic carbocycles. The molecule has 1 aromatic rings. The lowest BCUT2D eigenvalue weighted by Gasteiger charge is -2.42. The summed E-state index contributed by atoms with van der Waals surface area (Å²) in [5.41, 5.74) is 0. The molecule has 2 bridgehead atoms. The number of rotatable bonds is 1. The number of hydrogen-bond acceptors (Lipinski definition) is 3. The summed E-state index contributed by atoms with van der Waals surface area (Å²) >= 11 is 5.14. The van der Waals surface area contributed by atoms with Crippen LogP contribution in [0.25, 0.3) is 0 Å². The van der Waals surface area contributed by atoms with Gasteiger partial charge in [-0.1, -0.05) is 23.2 Å². The lowest BCUT2D eigenvalue weighted by molar-refractivity contribution is 0.0949. The van der Waals surface area contributed by atoms with Crippen LogP contribution in [0.5, 0.6) is 0 Å². The van der Waals surface area contributed by atoms with Crippen molar-refractivity contribution in [3.05, 3.63) is 4.77 Å². The van der Waals surface area contributed by atoms with Gasteiger partial charge in [-0.2, -0.15) is 5.21 Å². The predicted molar refractivity (Wildman–Crippen MR) is 54.3 cm³/mol. The Morgan fingerprint density at radius 3 is 2.57 bits per heavy atom. The highest BCUT2D eigenvalue weighted by Gasteiger charge is 2.37. The Bertz CT molecular complexity index is 374. The van der Waals surface area contributed by atoms with E-state index in [0.29, 0.717) is 10.8 Å². The highest BCUT2D eigenvalue weighted by atomic mass is 32.1. The highest BCUT2D eigenvalue weighted by Crippen LogP contribution is 2.46. The number of aromatic nitrogens is 4. The summed E-state index contributed by atoms with van der Waals surface area (Å²) < 4.78 is 2.60. The summed E-state index contributed by atoms with van der Waals surface area (Å²) in [6, 6.07) is 0.546. The Hall–Kier alpha value is -0.710. The molecule has 5 heteroatoms. The Kier molecular flexibility index (Phi) is 1.93. The van der Waals surface area contributed by atoms with Crippen LogP contribution >= 0.6 is 12.2 Å². The first-order chi connectivity index (χ1) is 6.84. The van der Waals surface area contributed by atoms with Crippen molar-refractivity contribution in [3.8, 4) is 0 Å². The number of tetrazole rings is 1. The smallest absolute Gasteiger partial charge is 0.238 e.